The number of benzene rings is 2. The van der Waals surface area contributed by atoms with Crippen molar-refractivity contribution < 1.29 is 0 Å². The zero-order valence-electron chi connectivity index (χ0n) is 17.7. The SMILES string of the molecule is CN1CCN(c2cc(N)c(N)c(CC3CCCCC3)c2Nc2ccccc2)CC1. The first-order chi connectivity index (χ1) is 14.1. The van der Waals surface area contributed by atoms with E-state index in [2.05, 4.69) is 52.5 Å². The van der Waals surface area contributed by atoms with E-state index in [0.29, 0.717) is 11.6 Å². The maximum atomic E-state index is 6.58. The van der Waals surface area contributed by atoms with Gasteiger partial charge in [-0.15, -0.1) is 0 Å². The Morgan fingerprint density at radius 2 is 1.66 bits per heavy atom. The van der Waals surface area contributed by atoms with Crippen LogP contribution in [0.2, 0.25) is 0 Å². The van der Waals surface area contributed by atoms with Crippen molar-refractivity contribution >= 4 is 28.4 Å². The average Bonchev–Trinajstić information content (AvgIpc) is 2.75. The minimum atomic E-state index is 0.699. The standard InChI is InChI=1S/C24H35N5/c1-28-12-14-29(15-13-28)22-17-21(25)23(26)20(16-18-8-4-2-5-9-18)24(22)27-19-10-6-3-7-11-19/h3,6-7,10-11,17-18,27H,2,4-5,8-9,12-16,25-26H2,1H3. The highest BCUT2D eigenvalue weighted by atomic mass is 15.3. The van der Waals surface area contributed by atoms with E-state index in [1.165, 1.54) is 43.4 Å². The van der Waals surface area contributed by atoms with E-state index in [1.807, 2.05) is 6.07 Å². The summed E-state index contributed by atoms with van der Waals surface area (Å²) in [6.45, 7) is 4.14. The normalized spacial score (nSPS) is 18.7. The Morgan fingerprint density at radius 1 is 0.966 bits per heavy atom. The summed E-state index contributed by atoms with van der Waals surface area (Å²) in [7, 11) is 2.19. The Bertz CT molecular complexity index is 806. The van der Waals surface area contributed by atoms with E-state index >= 15 is 0 Å². The van der Waals surface area contributed by atoms with Crippen molar-refractivity contribution in [3.05, 3.63) is 42.0 Å². The molecular formula is C24H35N5. The number of piperazine rings is 1. The van der Waals surface area contributed by atoms with Crippen LogP contribution in [0.3, 0.4) is 0 Å². The lowest BCUT2D eigenvalue weighted by atomic mass is 9.83. The molecule has 0 aromatic heterocycles. The van der Waals surface area contributed by atoms with Crippen LogP contribution >= 0.6 is 0 Å². The minimum Gasteiger partial charge on any atom is -0.397 e. The Labute approximate surface area is 175 Å². The van der Waals surface area contributed by atoms with Crippen molar-refractivity contribution in [1.29, 1.82) is 0 Å². The van der Waals surface area contributed by atoms with E-state index in [9.17, 15) is 0 Å². The Morgan fingerprint density at radius 3 is 2.34 bits per heavy atom. The molecule has 5 N–H and O–H groups in total. The Kier molecular flexibility index (Phi) is 6.14. The molecule has 2 fully saturated rings. The number of nitrogen functional groups attached to an aromatic ring is 2. The third-order valence-corrected chi connectivity index (χ3v) is 6.59. The second-order valence-corrected chi connectivity index (χ2v) is 8.74. The highest BCUT2D eigenvalue weighted by molar-refractivity contribution is 5.89. The zero-order valence-corrected chi connectivity index (χ0v) is 17.7. The van der Waals surface area contributed by atoms with Gasteiger partial charge in [-0.3, -0.25) is 0 Å². The van der Waals surface area contributed by atoms with Gasteiger partial charge < -0.3 is 26.6 Å². The van der Waals surface area contributed by atoms with Gasteiger partial charge in [0.25, 0.3) is 0 Å². The van der Waals surface area contributed by atoms with E-state index in [1.54, 1.807) is 0 Å². The highest BCUT2D eigenvalue weighted by Crippen LogP contribution is 2.42. The first-order valence-electron chi connectivity index (χ1n) is 11.1. The van der Waals surface area contributed by atoms with Gasteiger partial charge in [0.2, 0.25) is 0 Å². The second kappa shape index (κ2) is 8.95. The molecule has 0 bridgehead atoms. The van der Waals surface area contributed by atoms with Crippen LogP contribution in [0.15, 0.2) is 36.4 Å². The summed E-state index contributed by atoms with van der Waals surface area (Å²) in [6, 6.07) is 12.5. The molecule has 0 spiro atoms. The lowest BCUT2D eigenvalue weighted by Gasteiger charge is -2.36. The molecule has 5 nitrogen and oxygen atoms in total. The molecule has 2 aliphatic rings. The molecule has 2 aromatic rings. The Hall–Kier alpha value is -2.40. The predicted molar refractivity (Wildman–Crippen MR) is 125 cm³/mol. The third-order valence-electron chi connectivity index (χ3n) is 6.59. The number of nitrogens with zero attached hydrogens (tertiary/aromatic N) is 2. The minimum absolute atomic E-state index is 0.699. The fourth-order valence-electron chi connectivity index (χ4n) is 4.75. The molecule has 5 heteroatoms. The van der Waals surface area contributed by atoms with E-state index < -0.39 is 0 Å². The fourth-order valence-corrected chi connectivity index (χ4v) is 4.75. The highest BCUT2D eigenvalue weighted by Gasteiger charge is 2.24. The topological polar surface area (TPSA) is 70.5 Å². The fraction of sp³-hybridized carbons (Fsp3) is 0.500. The number of nitrogens with one attached hydrogen (secondary N) is 1. The molecule has 0 atom stereocenters. The number of nitrogens with two attached hydrogens (primary N) is 2. The van der Waals surface area contributed by atoms with Crippen molar-refractivity contribution in [2.24, 2.45) is 5.92 Å². The molecule has 1 saturated heterocycles. The van der Waals surface area contributed by atoms with Gasteiger partial charge in [-0.25, -0.2) is 0 Å². The monoisotopic (exact) mass is 393 g/mol. The van der Waals surface area contributed by atoms with Gasteiger partial charge in [0.15, 0.2) is 0 Å². The summed E-state index contributed by atoms with van der Waals surface area (Å²) in [5.41, 5.74) is 19.1. The quantitative estimate of drug-likeness (QED) is 0.654. The van der Waals surface area contributed by atoms with Crippen LogP contribution in [-0.4, -0.2) is 38.1 Å². The van der Waals surface area contributed by atoms with Crippen LogP contribution in [-0.2, 0) is 6.42 Å². The maximum Gasteiger partial charge on any atom is 0.0677 e. The molecular weight excluding hydrogens is 358 g/mol. The average molecular weight is 394 g/mol. The molecule has 0 radical (unpaired) electrons. The summed E-state index contributed by atoms with van der Waals surface area (Å²) in [5.74, 6) is 0.699. The number of hydrogen-bond acceptors (Lipinski definition) is 5. The van der Waals surface area contributed by atoms with Crippen LogP contribution in [0, 0.1) is 5.92 Å². The number of anilines is 5. The van der Waals surface area contributed by atoms with Crippen molar-refractivity contribution in [2.45, 2.75) is 38.5 Å². The van der Waals surface area contributed by atoms with Crippen LogP contribution in [0.1, 0.15) is 37.7 Å². The van der Waals surface area contributed by atoms with Crippen molar-refractivity contribution in [3.8, 4) is 0 Å². The van der Waals surface area contributed by atoms with Crippen LogP contribution < -0.4 is 21.7 Å². The van der Waals surface area contributed by atoms with Crippen molar-refractivity contribution in [3.63, 3.8) is 0 Å². The molecule has 0 amide bonds. The van der Waals surface area contributed by atoms with Gasteiger partial charge >= 0.3 is 0 Å². The van der Waals surface area contributed by atoms with Crippen LogP contribution in [0.4, 0.5) is 28.4 Å². The predicted octanol–water partition coefficient (Wildman–Crippen LogP) is 4.47. The first-order valence-corrected chi connectivity index (χ1v) is 11.1. The first kappa shape index (κ1) is 19.9. The Balaban J connectivity index is 1.74. The second-order valence-electron chi connectivity index (χ2n) is 8.74. The third kappa shape index (κ3) is 4.61. The van der Waals surface area contributed by atoms with Crippen molar-refractivity contribution in [2.75, 3.05) is 54.9 Å². The van der Waals surface area contributed by atoms with E-state index in [-0.39, 0.29) is 0 Å². The van der Waals surface area contributed by atoms with E-state index in [4.69, 9.17) is 11.5 Å². The number of hydrogen-bond donors (Lipinski definition) is 3. The molecule has 4 rings (SSSR count). The summed E-state index contributed by atoms with van der Waals surface area (Å²) >= 11 is 0. The summed E-state index contributed by atoms with van der Waals surface area (Å²) in [4.78, 5) is 4.84. The number of para-hydroxylation sites is 1. The lowest BCUT2D eigenvalue weighted by Crippen LogP contribution is -2.44. The van der Waals surface area contributed by atoms with Crippen LogP contribution in [0.5, 0.6) is 0 Å². The maximum absolute atomic E-state index is 6.58. The molecule has 1 aliphatic heterocycles. The van der Waals surface area contributed by atoms with Gasteiger partial charge in [0, 0.05) is 37.4 Å². The zero-order chi connectivity index (χ0) is 20.2. The van der Waals surface area contributed by atoms with Gasteiger partial charge in [-0.05, 0) is 37.6 Å². The van der Waals surface area contributed by atoms with Crippen LogP contribution in [0.25, 0.3) is 0 Å². The number of likely N-dealkylation sites (N-methyl/N-ethyl adjacent to an activating group) is 1. The molecule has 2 aromatic carbocycles. The smallest absolute Gasteiger partial charge is 0.0677 e. The molecule has 29 heavy (non-hydrogen) atoms. The van der Waals surface area contributed by atoms with E-state index in [0.717, 1.165) is 49.7 Å². The summed E-state index contributed by atoms with van der Waals surface area (Å²) in [5, 5.41) is 3.72. The molecule has 1 aliphatic carbocycles. The van der Waals surface area contributed by atoms with Gasteiger partial charge in [0.05, 0.1) is 22.7 Å². The van der Waals surface area contributed by atoms with Gasteiger partial charge in [-0.2, -0.15) is 0 Å². The van der Waals surface area contributed by atoms with Gasteiger partial charge in [-0.1, -0.05) is 50.3 Å². The molecule has 0 unspecified atom stereocenters. The van der Waals surface area contributed by atoms with Crippen molar-refractivity contribution in [1.82, 2.24) is 4.90 Å². The largest absolute Gasteiger partial charge is 0.397 e. The van der Waals surface area contributed by atoms with Gasteiger partial charge in [0.1, 0.15) is 0 Å². The molecule has 156 valence electrons. The summed E-state index contributed by atoms with van der Waals surface area (Å²) < 4.78 is 0. The summed E-state index contributed by atoms with van der Waals surface area (Å²) in [6.07, 6.45) is 7.63. The molecule has 1 heterocycles. The lowest BCUT2D eigenvalue weighted by molar-refractivity contribution is 0.313. The number of rotatable bonds is 5. The molecule has 1 saturated carbocycles.